The summed E-state index contributed by atoms with van der Waals surface area (Å²) in [6, 6.07) is 14.4. The van der Waals surface area contributed by atoms with Crippen LogP contribution in [0.2, 0.25) is 0 Å². The maximum Gasteiger partial charge on any atom is 0.269 e. The second-order valence-electron chi connectivity index (χ2n) is 6.08. The molecule has 0 amide bonds. The standard InChI is InChI=1S/C20H24N2O3/c1-21(2)15-5-6-16-25-20-8-4-3-7-18(20)12-9-17-10-13-19(14-11-17)22(23)24/h3-4,7-14H,5-6,15-16H2,1-2H3. The first-order valence-electron chi connectivity index (χ1n) is 8.35. The quantitative estimate of drug-likeness (QED) is 0.292. The molecule has 0 aliphatic carbocycles. The highest BCUT2D eigenvalue weighted by Gasteiger charge is 2.03. The van der Waals surface area contributed by atoms with Crippen molar-refractivity contribution in [3.05, 3.63) is 69.8 Å². The van der Waals surface area contributed by atoms with Crippen LogP contribution < -0.4 is 4.74 Å². The van der Waals surface area contributed by atoms with E-state index in [0.717, 1.165) is 36.3 Å². The van der Waals surface area contributed by atoms with E-state index in [4.69, 9.17) is 4.74 Å². The zero-order valence-electron chi connectivity index (χ0n) is 14.7. The molecule has 0 aliphatic heterocycles. The number of benzene rings is 2. The third kappa shape index (κ3) is 6.39. The van der Waals surface area contributed by atoms with Crippen LogP contribution in [0.15, 0.2) is 48.5 Å². The molecule has 0 fully saturated rings. The van der Waals surface area contributed by atoms with Gasteiger partial charge in [-0.05, 0) is 57.2 Å². The molecule has 2 aromatic carbocycles. The Kier molecular flexibility index (Phi) is 7.16. The highest BCUT2D eigenvalue weighted by Crippen LogP contribution is 2.21. The SMILES string of the molecule is CN(C)CCCCOc1ccccc1C=Cc1ccc([N+](=O)[O-])cc1. The molecule has 0 aromatic heterocycles. The summed E-state index contributed by atoms with van der Waals surface area (Å²) in [6.45, 7) is 1.75. The third-order valence-corrected chi connectivity index (χ3v) is 3.74. The van der Waals surface area contributed by atoms with Gasteiger partial charge in [-0.3, -0.25) is 10.1 Å². The molecule has 132 valence electrons. The Bertz CT molecular complexity index is 709. The van der Waals surface area contributed by atoms with Crippen LogP contribution in [0, 0.1) is 10.1 Å². The summed E-state index contributed by atoms with van der Waals surface area (Å²) in [7, 11) is 4.14. The molecule has 0 saturated heterocycles. The predicted octanol–water partition coefficient (Wildman–Crippen LogP) is 4.49. The molecule has 0 heterocycles. The molecule has 25 heavy (non-hydrogen) atoms. The highest BCUT2D eigenvalue weighted by molar-refractivity contribution is 5.72. The largest absolute Gasteiger partial charge is 0.493 e. The Labute approximate surface area is 148 Å². The predicted molar refractivity (Wildman–Crippen MR) is 102 cm³/mol. The lowest BCUT2D eigenvalue weighted by Crippen LogP contribution is -2.13. The second-order valence-corrected chi connectivity index (χ2v) is 6.08. The lowest BCUT2D eigenvalue weighted by molar-refractivity contribution is -0.384. The summed E-state index contributed by atoms with van der Waals surface area (Å²) in [5.74, 6) is 0.852. The average Bonchev–Trinajstić information content (AvgIpc) is 2.60. The molecule has 5 nitrogen and oxygen atoms in total. The zero-order valence-corrected chi connectivity index (χ0v) is 14.7. The minimum atomic E-state index is -0.396. The first kappa shape index (κ1) is 18.7. The van der Waals surface area contributed by atoms with Gasteiger partial charge in [-0.25, -0.2) is 0 Å². The molecule has 0 unspecified atom stereocenters. The van der Waals surface area contributed by atoms with E-state index >= 15 is 0 Å². The molecular weight excluding hydrogens is 316 g/mol. The van der Waals surface area contributed by atoms with Crippen molar-refractivity contribution in [2.75, 3.05) is 27.2 Å². The summed E-state index contributed by atoms with van der Waals surface area (Å²) in [6.07, 6.45) is 6.01. The summed E-state index contributed by atoms with van der Waals surface area (Å²) in [4.78, 5) is 12.5. The van der Waals surface area contributed by atoms with E-state index in [0.29, 0.717) is 6.61 Å². The molecule has 0 aliphatic rings. The van der Waals surface area contributed by atoms with Crippen LogP contribution in [-0.4, -0.2) is 37.1 Å². The maximum absolute atomic E-state index is 10.7. The van der Waals surface area contributed by atoms with Gasteiger partial charge in [-0.2, -0.15) is 0 Å². The molecule has 0 bridgehead atoms. The van der Waals surface area contributed by atoms with Crippen LogP contribution in [0.1, 0.15) is 24.0 Å². The lowest BCUT2D eigenvalue weighted by Gasteiger charge is -2.11. The zero-order chi connectivity index (χ0) is 18.1. The van der Waals surface area contributed by atoms with E-state index in [1.807, 2.05) is 36.4 Å². The molecule has 0 atom stereocenters. The van der Waals surface area contributed by atoms with Gasteiger partial charge in [0.2, 0.25) is 0 Å². The van der Waals surface area contributed by atoms with E-state index in [-0.39, 0.29) is 5.69 Å². The Morgan fingerprint density at radius 2 is 1.76 bits per heavy atom. The van der Waals surface area contributed by atoms with Gasteiger partial charge in [0, 0.05) is 17.7 Å². The van der Waals surface area contributed by atoms with Crippen LogP contribution >= 0.6 is 0 Å². The number of nitro benzene ring substituents is 1. The monoisotopic (exact) mass is 340 g/mol. The van der Waals surface area contributed by atoms with Gasteiger partial charge in [0.1, 0.15) is 5.75 Å². The Morgan fingerprint density at radius 1 is 1.04 bits per heavy atom. The third-order valence-electron chi connectivity index (χ3n) is 3.74. The van der Waals surface area contributed by atoms with Gasteiger partial charge in [0.25, 0.3) is 5.69 Å². The van der Waals surface area contributed by atoms with Gasteiger partial charge in [-0.1, -0.05) is 30.4 Å². The molecule has 0 radical (unpaired) electrons. The minimum absolute atomic E-state index is 0.0959. The van der Waals surface area contributed by atoms with Crippen molar-refractivity contribution in [1.29, 1.82) is 0 Å². The van der Waals surface area contributed by atoms with E-state index in [1.54, 1.807) is 12.1 Å². The number of unbranched alkanes of at least 4 members (excludes halogenated alkanes) is 1. The number of ether oxygens (including phenoxy) is 1. The molecule has 2 rings (SSSR count). The molecule has 0 saturated carbocycles. The van der Waals surface area contributed by atoms with Crippen molar-refractivity contribution < 1.29 is 9.66 Å². The number of nitro groups is 1. The molecule has 0 spiro atoms. The molecule has 0 N–H and O–H groups in total. The smallest absolute Gasteiger partial charge is 0.269 e. The molecular formula is C20H24N2O3. The van der Waals surface area contributed by atoms with Gasteiger partial charge in [0.05, 0.1) is 11.5 Å². The second kappa shape index (κ2) is 9.59. The van der Waals surface area contributed by atoms with E-state index in [1.165, 1.54) is 12.1 Å². The first-order chi connectivity index (χ1) is 12.1. The van der Waals surface area contributed by atoms with Crippen molar-refractivity contribution in [3.63, 3.8) is 0 Å². The van der Waals surface area contributed by atoms with Gasteiger partial charge < -0.3 is 9.64 Å². The number of para-hydroxylation sites is 1. The van der Waals surface area contributed by atoms with Gasteiger partial charge in [0.15, 0.2) is 0 Å². The molecule has 5 heteroatoms. The van der Waals surface area contributed by atoms with Crippen molar-refractivity contribution in [2.24, 2.45) is 0 Å². The van der Waals surface area contributed by atoms with Crippen LogP contribution in [0.3, 0.4) is 0 Å². The summed E-state index contributed by atoms with van der Waals surface area (Å²) < 4.78 is 5.90. The van der Waals surface area contributed by atoms with Crippen molar-refractivity contribution in [1.82, 2.24) is 4.90 Å². The Hall–Kier alpha value is -2.66. The number of hydrogen-bond donors (Lipinski definition) is 0. The van der Waals surface area contributed by atoms with Crippen molar-refractivity contribution >= 4 is 17.8 Å². The first-order valence-corrected chi connectivity index (χ1v) is 8.35. The summed E-state index contributed by atoms with van der Waals surface area (Å²) in [5.41, 5.74) is 2.00. The topological polar surface area (TPSA) is 55.6 Å². The summed E-state index contributed by atoms with van der Waals surface area (Å²) in [5, 5.41) is 10.7. The average molecular weight is 340 g/mol. The van der Waals surface area contributed by atoms with E-state index < -0.39 is 4.92 Å². The van der Waals surface area contributed by atoms with Crippen LogP contribution in [0.4, 0.5) is 5.69 Å². The highest BCUT2D eigenvalue weighted by atomic mass is 16.6. The fraction of sp³-hybridized carbons (Fsp3) is 0.300. The molecule has 2 aromatic rings. The number of non-ortho nitro benzene ring substituents is 1. The lowest BCUT2D eigenvalue weighted by atomic mass is 10.1. The van der Waals surface area contributed by atoms with Crippen molar-refractivity contribution in [2.45, 2.75) is 12.8 Å². The van der Waals surface area contributed by atoms with Gasteiger partial charge in [-0.15, -0.1) is 0 Å². The summed E-state index contributed by atoms with van der Waals surface area (Å²) >= 11 is 0. The number of nitrogens with zero attached hydrogens (tertiary/aromatic N) is 2. The van der Waals surface area contributed by atoms with E-state index in [2.05, 4.69) is 19.0 Å². The van der Waals surface area contributed by atoms with Crippen LogP contribution in [0.25, 0.3) is 12.2 Å². The number of hydrogen-bond acceptors (Lipinski definition) is 4. The van der Waals surface area contributed by atoms with Gasteiger partial charge >= 0.3 is 0 Å². The maximum atomic E-state index is 10.7. The van der Waals surface area contributed by atoms with Crippen molar-refractivity contribution in [3.8, 4) is 5.75 Å². The minimum Gasteiger partial charge on any atom is -0.493 e. The fourth-order valence-electron chi connectivity index (χ4n) is 2.36. The van der Waals surface area contributed by atoms with Crippen LogP contribution in [-0.2, 0) is 0 Å². The Morgan fingerprint density at radius 3 is 2.44 bits per heavy atom. The van der Waals surface area contributed by atoms with Crippen LogP contribution in [0.5, 0.6) is 5.75 Å². The number of rotatable bonds is 9. The fourth-order valence-corrected chi connectivity index (χ4v) is 2.36. The van der Waals surface area contributed by atoms with E-state index in [9.17, 15) is 10.1 Å². The normalized spacial score (nSPS) is 11.2. The Balaban J connectivity index is 1.96.